The van der Waals surface area contributed by atoms with Gasteiger partial charge in [-0.25, -0.2) is 0 Å². The summed E-state index contributed by atoms with van der Waals surface area (Å²) in [7, 11) is 0. The van der Waals surface area contributed by atoms with Crippen molar-refractivity contribution in [2.45, 2.75) is 33.2 Å². The molecule has 1 aromatic carbocycles. The molecule has 0 radical (unpaired) electrons. The standard InChI is InChI=1S/C17H22N2O/c1-4-18-11-14-9-10-19-12-17(14)20-16-8-6-5-7-15(16)13(2)3/h5-10,12-13,18H,4,11H2,1-3H3. The molecule has 2 rings (SSSR count). The summed E-state index contributed by atoms with van der Waals surface area (Å²) in [5.41, 5.74) is 2.34. The predicted octanol–water partition coefficient (Wildman–Crippen LogP) is 4.11. The second kappa shape index (κ2) is 7.06. The highest BCUT2D eigenvalue weighted by Gasteiger charge is 2.10. The van der Waals surface area contributed by atoms with Crippen molar-refractivity contribution in [1.82, 2.24) is 10.3 Å². The van der Waals surface area contributed by atoms with E-state index in [1.807, 2.05) is 24.3 Å². The lowest BCUT2D eigenvalue weighted by Crippen LogP contribution is -2.12. The molecule has 2 aromatic rings. The molecular weight excluding hydrogens is 248 g/mol. The minimum absolute atomic E-state index is 0.431. The number of nitrogens with zero attached hydrogens (tertiary/aromatic N) is 1. The summed E-state index contributed by atoms with van der Waals surface area (Å²) < 4.78 is 6.10. The molecule has 1 N–H and O–H groups in total. The first kappa shape index (κ1) is 14.5. The van der Waals surface area contributed by atoms with Gasteiger partial charge in [0, 0.05) is 18.3 Å². The maximum atomic E-state index is 6.10. The van der Waals surface area contributed by atoms with Crippen LogP contribution in [0.3, 0.4) is 0 Å². The molecule has 106 valence electrons. The van der Waals surface area contributed by atoms with Crippen LogP contribution in [0.4, 0.5) is 0 Å². The average molecular weight is 270 g/mol. The van der Waals surface area contributed by atoms with Gasteiger partial charge in [0.2, 0.25) is 0 Å². The van der Waals surface area contributed by atoms with Crippen molar-refractivity contribution in [3.05, 3.63) is 53.9 Å². The Hall–Kier alpha value is -1.87. The monoisotopic (exact) mass is 270 g/mol. The maximum Gasteiger partial charge on any atom is 0.150 e. The molecule has 0 fully saturated rings. The molecule has 0 aliphatic carbocycles. The van der Waals surface area contributed by atoms with Gasteiger partial charge in [-0.05, 0) is 30.2 Å². The van der Waals surface area contributed by atoms with Crippen LogP contribution in [0.5, 0.6) is 11.5 Å². The van der Waals surface area contributed by atoms with E-state index in [-0.39, 0.29) is 0 Å². The van der Waals surface area contributed by atoms with Gasteiger partial charge >= 0.3 is 0 Å². The van der Waals surface area contributed by atoms with Crippen LogP contribution in [0.1, 0.15) is 37.8 Å². The van der Waals surface area contributed by atoms with Crippen LogP contribution in [-0.4, -0.2) is 11.5 Å². The van der Waals surface area contributed by atoms with Crippen LogP contribution in [-0.2, 0) is 6.54 Å². The number of rotatable bonds is 6. The van der Waals surface area contributed by atoms with E-state index in [4.69, 9.17) is 4.74 Å². The fourth-order valence-corrected chi connectivity index (χ4v) is 2.08. The van der Waals surface area contributed by atoms with Crippen LogP contribution >= 0.6 is 0 Å². The summed E-state index contributed by atoms with van der Waals surface area (Å²) in [5, 5.41) is 3.32. The SMILES string of the molecule is CCNCc1ccncc1Oc1ccccc1C(C)C. The first-order valence-electron chi connectivity index (χ1n) is 7.12. The average Bonchev–Trinajstić information content (AvgIpc) is 2.47. The number of pyridine rings is 1. The smallest absolute Gasteiger partial charge is 0.150 e. The summed E-state index contributed by atoms with van der Waals surface area (Å²) in [4.78, 5) is 4.17. The van der Waals surface area contributed by atoms with Crippen molar-refractivity contribution in [3.8, 4) is 11.5 Å². The second-order valence-electron chi connectivity index (χ2n) is 5.06. The maximum absolute atomic E-state index is 6.10. The Labute approximate surface area is 121 Å². The largest absolute Gasteiger partial charge is 0.455 e. The van der Waals surface area contributed by atoms with Crippen molar-refractivity contribution in [1.29, 1.82) is 0 Å². The molecule has 1 aromatic heterocycles. The lowest BCUT2D eigenvalue weighted by molar-refractivity contribution is 0.462. The number of aromatic nitrogens is 1. The summed E-state index contributed by atoms with van der Waals surface area (Å²) in [6.07, 6.45) is 3.58. The van der Waals surface area contributed by atoms with E-state index in [2.05, 4.69) is 37.1 Å². The van der Waals surface area contributed by atoms with E-state index < -0.39 is 0 Å². The van der Waals surface area contributed by atoms with Crippen LogP contribution in [0.25, 0.3) is 0 Å². The van der Waals surface area contributed by atoms with Gasteiger partial charge in [0.15, 0.2) is 0 Å². The molecule has 0 amide bonds. The van der Waals surface area contributed by atoms with E-state index in [0.717, 1.165) is 30.2 Å². The first-order valence-corrected chi connectivity index (χ1v) is 7.12. The zero-order chi connectivity index (χ0) is 14.4. The Balaban J connectivity index is 2.26. The molecule has 0 unspecified atom stereocenters. The molecule has 0 aliphatic heterocycles. The summed E-state index contributed by atoms with van der Waals surface area (Å²) in [5.74, 6) is 2.16. The third-order valence-corrected chi connectivity index (χ3v) is 3.20. The third-order valence-electron chi connectivity index (χ3n) is 3.20. The van der Waals surface area contributed by atoms with Crippen molar-refractivity contribution >= 4 is 0 Å². The molecule has 0 saturated heterocycles. The molecule has 20 heavy (non-hydrogen) atoms. The molecule has 3 heteroatoms. The lowest BCUT2D eigenvalue weighted by Gasteiger charge is -2.15. The van der Waals surface area contributed by atoms with Gasteiger partial charge in [0.1, 0.15) is 11.5 Å². The van der Waals surface area contributed by atoms with Crippen LogP contribution in [0.2, 0.25) is 0 Å². The van der Waals surface area contributed by atoms with E-state index >= 15 is 0 Å². The van der Waals surface area contributed by atoms with Gasteiger partial charge in [-0.2, -0.15) is 0 Å². The Bertz CT molecular complexity index is 552. The molecule has 0 spiro atoms. The van der Waals surface area contributed by atoms with Gasteiger partial charge in [0.25, 0.3) is 0 Å². The van der Waals surface area contributed by atoms with Crippen molar-refractivity contribution in [2.75, 3.05) is 6.54 Å². The van der Waals surface area contributed by atoms with Gasteiger partial charge in [0.05, 0.1) is 6.20 Å². The van der Waals surface area contributed by atoms with E-state index in [0.29, 0.717) is 5.92 Å². The summed E-state index contributed by atoms with van der Waals surface area (Å²) >= 11 is 0. The summed E-state index contributed by atoms with van der Waals surface area (Å²) in [6, 6.07) is 10.2. The minimum Gasteiger partial charge on any atom is -0.455 e. The number of benzene rings is 1. The van der Waals surface area contributed by atoms with Gasteiger partial charge in [-0.1, -0.05) is 39.0 Å². The van der Waals surface area contributed by atoms with Crippen molar-refractivity contribution in [3.63, 3.8) is 0 Å². The van der Waals surface area contributed by atoms with Gasteiger partial charge < -0.3 is 10.1 Å². The molecule has 3 nitrogen and oxygen atoms in total. The predicted molar refractivity (Wildman–Crippen MR) is 82.2 cm³/mol. The van der Waals surface area contributed by atoms with E-state index in [1.165, 1.54) is 5.56 Å². The Kier molecular flexibility index (Phi) is 5.13. The van der Waals surface area contributed by atoms with Crippen LogP contribution in [0, 0.1) is 0 Å². The van der Waals surface area contributed by atoms with E-state index in [1.54, 1.807) is 12.4 Å². The van der Waals surface area contributed by atoms with Crippen LogP contribution in [0.15, 0.2) is 42.7 Å². The Morgan fingerprint density at radius 1 is 1.15 bits per heavy atom. The topological polar surface area (TPSA) is 34.2 Å². The molecule has 1 heterocycles. The van der Waals surface area contributed by atoms with E-state index in [9.17, 15) is 0 Å². The van der Waals surface area contributed by atoms with Crippen molar-refractivity contribution in [2.24, 2.45) is 0 Å². The fourth-order valence-electron chi connectivity index (χ4n) is 2.08. The lowest BCUT2D eigenvalue weighted by atomic mass is 10.0. The normalized spacial score (nSPS) is 10.8. The summed E-state index contributed by atoms with van der Waals surface area (Å²) in [6.45, 7) is 8.16. The molecule has 0 bridgehead atoms. The van der Waals surface area contributed by atoms with Crippen molar-refractivity contribution < 1.29 is 4.74 Å². The highest BCUT2D eigenvalue weighted by molar-refractivity contribution is 5.41. The molecule has 0 aliphatic rings. The number of ether oxygens (including phenoxy) is 1. The zero-order valence-corrected chi connectivity index (χ0v) is 12.4. The zero-order valence-electron chi connectivity index (χ0n) is 12.4. The first-order chi connectivity index (χ1) is 9.72. The highest BCUT2D eigenvalue weighted by atomic mass is 16.5. The number of nitrogens with one attached hydrogen (secondary N) is 1. The number of hydrogen-bond donors (Lipinski definition) is 1. The van der Waals surface area contributed by atoms with Gasteiger partial charge in [-0.15, -0.1) is 0 Å². The second-order valence-corrected chi connectivity index (χ2v) is 5.06. The fraction of sp³-hybridized carbons (Fsp3) is 0.353. The number of para-hydroxylation sites is 1. The Morgan fingerprint density at radius 2 is 1.95 bits per heavy atom. The third kappa shape index (κ3) is 3.58. The molecule has 0 atom stereocenters. The Morgan fingerprint density at radius 3 is 2.70 bits per heavy atom. The molecule has 0 saturated carbocycles. The number of hydrogen-bond acceptors (Lipinski definition) is 3. The van der Waals surface area contributed by atoms with Gasteiger partial charge in [-0.3, -0.25) is 4.98 Å². The highest BCUT2D eigenvalue weighted by Crippen LogP contribution is 2.31. The molecular formula is C17H22N2O. The quantitative estimate of drug-likeness (QED) is 0.857. The van der Waals surface area contributed by atoms with Crippen LogP contribution < -0.4 is 10.1 Å². The minimum atomic E-state index is 0.431.